The van der Waals surface area contributed by atoms with Crippen molar-refractivity contribution in [2.75, 3.05) is 0 Å². The molecule has 1 aliphatic carbocycles. The number of aromatic nitrogens is 1. The van der Waals surface area contributed by atoms with E-state index in [0.29, 0.717) is 0 Å². The highest BCUT2D eigenvalue weighted by atomic mass is 16.7. The van der Waals surface area contributed by atoms with Crippen LogP contribution in [0.25, 0.3) is 44.2 Å². The highest BCUT2D eigenvalue weighted by Crippen LogP contribution is 2.56. The Bertz CT molecular complexity index is 2350. The molecule has 2 heterocycles. The van der Waals surface area contributed by atoms with Crippen LogP contribution in [-0.4, -0.2) is 23.3 Å². The van der Waals surface area contributed by atoms with Crippen molar-refractivity contribution in [1.82, 2.24) is 4.98 Å². The maximum atomic E-state index is 6.58. The second kappa shape index (κ2) is 11.4. The molecule has 0 spiro atoms. The molecule has 0 N–H and O–H groups in total. The zero-order chi connectivity index (χ0) is 34.1. The standard InChI is InChI=1S/C46H38BNO2/c1-44(2)45(3,4)50-47(49-44)35-16-12-15-34(30-35)46(42-21-9-7-19-40(42)41-20-8-10-22-43(41)46)33-14-11-13-32(29-33)37-24-23-36(31-25-27-48-28-26-31)38-17-5-6-18-39(37)38/h5-30H,1-4H3. The third-order valence-corrected chi connectivity index (χ3v) is 11.3. The molecule has 1 fully saturated rings. The summed E-state index contributed by atoms with van der Waals surface area (Å²) in [5, 5.41) is 2.45. The lowest BCUT2D eigenvalue weighted by molar-refractivity contribution is 0.00578. The van der Waals surface area contributed by atoms with Gasteiger partial charge < -0.3 is 9.31 Å². The van der Waals surface area contributed by atoms with E-state index in [2.05, 4.69) is 178 Å². The van der Waals surface area contributed by atoms with Gasteiger partial charge in [-0.25, -0.2) is 0 Å². The summed E-state index contributed by atoms with van der Waals surface area (Å²) < 4.78 is 13.2. The van der Waals surface area contributed by atoms with Gasteiger partial charge in [0, 0.05) is 12.4 Å². The molecule has 0 bridgehead atoms. The molecule has 0 radical (unpaired) electrons. The summed E-state index contributed by atoms with van der Waals surface area (Å²) in [5.41, 5.74) is 11.9. The number of nitrogens with zero attached hydrogens (tertiary/aromatic N) is 1. The summed E-state index contributed by atoms with van der Waals surface area (Å²) >= 11 is 0. The molecule has 7 aromatic rings. The molecule has 50 heavy (non-hydrogen) atoms. The molecule has 3 nitrogen and oxygen atoms in total. The van der Waals surface area contributed by atoms with Crippen molar-refractivity contribution < 1.29 is 9.31 Å². The first kappa shape index (κ1) is 30.7. The van der Waals surface area contributed by atoms with E-state index in [1.807, 2.05) is 12.4 Å². The van der Waals surface area contributed by atoms with Crippen molar-refractivity contribution in [2.24, 2.45) is 0 Å². The number of rotatable bonds is 5. The Hall–Kier alpha value is -5.29. The average Bonchev–Trinajstić information content (AvgIpc) is 3.58. The van der Waals surface area contributed by atoms with Gasteiger partial charge in [-0.3, -0.25) is 4.98 Å². The highest BCUT2D eigenvalue weighted by Gasteiger charge is 2.52. The highest BCUT2D eigenvalue weighted by molar-refractivity contribution is 6.62. The van der Waals surface area contributed by atoms with Crippen LogP contribution in [0.4, 0.5) is 0 Å². The Balaban J connectivity index is 1.27. The number of benzene rings is 6. The van der Waals surface area contributed by atoms with Crippen LogP contribution in [-0.2, 0) is 14.7 Å². The van der Waals surface area contributed by atoms with Crippen molar-refractivity contribution in [2.45, 2.75) is 44.3 Å². The van der Waals surface area contributed by atoms with E-state index >= 15 is 0 Å². The molecule has 1 aliphatic heterocycles. The van der Waals surface area contributed by atoms with E-state index in [1.54, 1.807) is 0 Å². The molecular weight excluding hydrogens is 609 g/mol. The number of pyridine rings is 1. The third-order valence-electron chi connectivity index (χ3n) is 11.3. The van der Waals surface area contributed by atoms with Crippen molar-refractivity contribution in [3.63, 3.8) is 0 Å². The molecule has 2 aliphatic rings. The van der Waals surface area contributed by atoms with Gasteiger partial charge in [0.2, 0.25) is 0 Å². The smallest absolute Gasteiger partial charge is 0.399 e. The van der Waals surface area contributed by atoms with Gasteiger partial charge in [-0.15, -0.1) is 0 Å². The van der Waals surface area contributed by atoms with E-state index in [-0.39, 0.29) is 0 Å². The molecule has 0 atom stereocenters. The Kier molecular flexibility index (Phi) is 7.00. The fourth-order valence-electron chi connectivity index (χ4n) is 8.18. The first-order chi connectivity index (χ1) is 24.3. The van der Waals surface area contributed by atoms with Crippen LogP contribution in [0.15, 0.2) is 158 Å². The summed E-state index contributed by atoms with van der Waals surface area (Å²) in [6, 6.07) is 53.3. The minimum Gasteiger partial charge on any atom is -0.399 e. The normalized spacial score (nSPS) is 16.7. The lowest BCUT2D eigenvalue weighted by Crippen LogP contribution is -2.41. The maximum absolute atomic E-state index is 6.58. The predicted molar refractivity (Wildman–Crippen MR) is 206 cm³/mol. The van der Waals surface area contributed by atoms with Gasteiger partial charge in [0.15, 0.2) is 0 Å². The summed E-state index contributed by atoms with van der Waals surface area (Å²) in [5.74, 6) is 0. The summed E-state index contributed by atoms with van der Waals surface area (Å²) in [6.45, 7) is 8.45. The van der Waals surface area contributed by atoms with Gasteiger partial charge in [-0.1, -0.05) is 127 Å². The first-order valence-corrected chi connectivity index (χ1v) is 17.5. The van der Waals surface area contributed by atoms with Crippen LogP contribution >= 0.6 is 0 Å². The molecule has 6 aromatic carbocycles. The van der Waals surface area contributed by atoms with E-state index in [9.17, 15) is 0 Å². The Morgan fingerprint density at radius 3 is 1.60 bits per heavy atom. The Morgan fingerprint density at radius 2 is 0.980 bits per heavy atom. The molecule has 0 unspecified atom stereocenters. The lowest BCUT2D eigenvalue weighted by atomic mass is 9.65. The fraction of sp³-hybridized carbons (Fsp3) is 0.152. The predicted octanol–water partition coefficient (Wildman–Crippen LogP) is 10.2. The number of fused-ring (bicyclic) bond motifs is 4. The maximum Gasteiger partial charge on any atom is 0.494 e. The largest absolute Gasteiger partial charge is 0.494 e. The van der Waals surface area contributed by atoms with Crippen molar-refractivity contribution in [1.29, 1.82) is 0 Å². The monoisotopic (exact) mass is 647 g/mol. The van der Waals surface area contributed by atoms with E-state index in [1.165, 1.54) is 60.8 Å². The third kappa shape index (κ3) is 4.56. The molecule has 1 aromatic heterocycles. The van der Waals surface area contributed by atoms with Crippen molar-refractivity contribution in [3.8, 4) is 33.4 Å². The molecular formula is C46H38BNO2. The average molecular weight is 648 g/mol. The molecule has 9 rings (SSSR count). The summed E-state index contributed by atoms with van der Waals surface area (Å²) in [7, 11) is -0.458. The zero-order valence-electron chi connectivity index (χ0n) is 28.9. The van der Waals surface area contributed by atoms with Crippen LogP contribution in [0.1, 0.15) is 49.9 Å². The molecule has 0 amide bonds. The second-order valence-electron chi connectivity index (χ2n) is 14.6. The molecule has 1 saturated heterocycles. The van der Waals surface area contributed by atoms with Crippen molar-refractivity contribution >= 4 is 23.4 Å². The van der Waals surface area contributed by atoms with Crippen molar-refractivity contribution in [3.05, 3.63) is 180 Å². The molecule has 0 saturated carbocycles. The second-order valence-corrected chi connectivity index (χ2v) is 14.6. The number of hydrogen-bond donors (Lipinski definition) is 0. The zero-order valence-corrected chi connectivity index (χ0v) is 28.9. The number of hydrogen-bond acceptors (Lipinski definition) is 3. The minimum atomic E-state index is -0.560. The first-order valence-electron chi connectivity index (χ1n) is 17.5. The molecule has 242 valence electrons. The van der Waals surface area contributed by atoms with Gasteiger partial charge >= 0.3 is 7.12 Å². The van der Waals surface area contributed by atoms with E-state index in [0.717, 1.165) is 11.0 Å². The van der Waals surface area contributed by atoms with E-state index in [4.69, 9.17) is 9.31 Å². The van der Waals surface area contributed by atoms with Crippen LogP contribution in [0.2, 0.25) is 0 Å². The van der Waals surface area contributed by atoms with Gasteiger partial charge in [-0.05, 0) is 118 Å². The summed E-state index contributed by atoms with van der Waals surface area (Å²) in [6.07, 6.45) is 3.72. The lowest BCUT2D eigenvalue weighted by Gasteiger charge is -2.34. The SMILES string of the molecule is CC1(C)OB(c2cccc(C3(c4cccc(-c5ccc(-c6ccncc6)c6ccccc56)c4)c4ccccc4-c4ccccc43)c2)OC1(C)C. The quantitative estimate of drug-likeness (QED) is 0.174. The van der Waals surface area contributed by atoms with Crippen LogP contribution in [0.5, 0.6) is 0 Å². The molecule has 4 heteroatoms. The Labute approximate surface area is 294 Å². The Morgan fingerprint density at radius 1 is 0.460 bits per heavy atom. The van der Waals surface area contributed by atoms with Gasteiger partial charge in [-0.2, -0.15) is 0 Å². The fourth-order valence-corrected chi connectivity index (χ4v) is 8.18. The topological polar surface area (TPSA) is 31.4 Å². The van der Waals surface area contributed by atoms with E-state index < -0.39 is 23.7 Å². The van der Waals surface area contributed by atoms with Crippen LogP contribution < -0.4 is 5.46 Å². The van der Waals surface area contributed by atoms with Gasteiger partial charge in [0.25, 0.3) is 0 Å². The van der Waals surface area contributed by atoms with Gasteiger partial charge in [0.1, 0.15) is 0 Å². The van der Waals surface area contributed by atoms with Gasteiger partial charge in [0.05, 0.1) is 16.6 Å². The van der Waals surface area contributed by atoms with Crippen LogP contribution in [0, 0.1) is 0 Å². The minimum absolute atomic E-state index is 0.429. The summed E-state index contributed by atoms with van der Waals surface area (Å²) in [4.78, 5) is 4.25. The van der Waals surface area contributed by atoms with Crippen LogP contribution in [0.3, 0.4) is 0 Å².